The van der Waals surface area contributed by atoms with Crippen LogP contribution in [0, 0.1) is 11.3 Å². The van der Waals surface area contributed by atoms with Crippen molar-refractivity contribution < 1.29 is 31.5 Å². The van der Waals surface area contributed by atoms with E-state index in [2.05, 4.69) is 9.72 Å². The molecule has 0 amide bonds. The second-order valence-electron chi connectivity index (χ2n) is 2.89. The number of nitriles is 1. The molecule has 9 heteroatoms. The highest BCUT2D eigenvalue weighted by Gasteiger charge is 2.33. The van der Waals surface area contributed by atoms with Crippen molar-refractivity contribution in [1.29, 1.82) is 5.26 Å². The summed E-state index contributed by atoms with van der Waals surface area (Å²) in [7, 11) is 0. The van der Waals surface area contributed by atoms with Crippen LogP contribution in [-0.2, 0) is 0 Å². The molecular weight excluding hydrogens is 263 g/mol. The van der Waals surface area contributed by atoms with Gasteiger partial charge >= 0.3 is 6.36 Å². The van der Waals surface area contributed by atoms with Crippen LogP contribution in [0.2, 0.25) is 0 Å². The molecule has 0 aliphatic carbocycles. The van der Waals surface area contributed by atoms with Crippen LogP contribution >= 0.6 is 0 Å². The van der Waals surface area contributed by atoms with E-state index in [4.69, 9.17) is 5.26 Å². The lowest BCUT2D eigenvalue weighted by Gasteiger charge is -2.12. The van der Waals surface area contributed by atoms with Crippen LogP contribution in [-0.4, -0.2) is 17.6 Å². The highest BCUT2D eigenvalue weighted by atomic mass is 19.4. The first-order valence-corrected chi connectivity index (χ1v) is 4.22. The molecule has 0 aliphatic rings. The first-order chi connectivity index (χ1) is 8.28. The molecule has 18 heavy (non-hydrogen) atoms. The Morgan fingerprint density at radius 3 is 2.44 bits per heavy atom. The monoisotopic (exact) mass is 266 g/mol. The van der Waals surface area contributed by atoms with Gasteiger partial charge in [-0.3, -0.25) is 4.79 Å². The average molecular weight is 266 g/mol. The van der Waals surface area contributed by atoms with Crippen molar-refractivity contribution in [3.8, 4) is 11.8 Å². The number of carbonyl (C=O) groups is 1. The molecule has 96 valence electrons. The molecule has 0 fully saturated rings. The van der Waals surface area contributed by atoms with Crippen LogP contribution in [0.25, 0.3) is 0 Å². The van der Waals surface area contributed by atoms with E-state index in [9.17, 15) is 26.7 Å². The van der Waals surface area contributed by atoms with E-state index in [1.807, 2.05) is 0 Å². The lowest BCUT2D eigenvalue weighted by molar-refractivity contribution is -0.274. The molecule has 0 aliphatic heterocycles. The van der Waals surface area contributed by atoms with Crippen molar-refractivity contribution in [3.63, 3.8) is 0 Å². The highest BCUT2D eigenvalue weighted by Crippen LogP contribution is 2.30. The fraction of sp³-hybridized carbons (Fsp3) is 0.222. The maximum Gasteiger partial charge on any atom is 0.573 e. The Hall–Kier alpha value is -2.24. The van der Waals surface area contributed by atoms with E-state index in [0.29, 0.717) is 0 Å². The van der Waals surface area contributed by atoms with Crippen molar-refractivity contribution in [2.75, 3.05) is 0 Å². The smallest absolute Gasteiger partial charge is 0.403 e. The zero-order chi connectivity index (χ0) is 13.9. The summed E-state index contributed by atoms with van der Waals surface area (Å²) in [5.74, 6) is -1.18. The zero-order valence-corrected chi connectivity index (χ0v) is 8.33. The van der Waals surface area contributed by atoms with E-state index >= 15 is 0 Å². The van der Waals surface area contributed by atoms with E-state index < -0.39 is 35.5 Å². The Morgan fingerprint density at radius 1 is 1.44 bits per heavy atom. The second-order valence-corrected chi connectivity index (χ2v) is 2.89. The van der Waals surface area contributed by atoms with E-state index in [1.165, 1.54) is 6.07 Å². The fourth-order valence-corrected chi connectivity index (χ4v) is 1.08. The van der Waals surface area contributed by atoms with Gasteiger partial charge in [-0.2, -0.15) is 5.26 Å². The molecule has 0 bridgehead atoms. The maximum atomic E-state index is 12.4. The number of nitrogens with zero attached hydrogens (tertiary/aromatic N) is 2. The highest BCUT2D eigenvalue weighted by molar-refractivity contribution is 5.75. The SMILES string of the molecule is N#Cc1nc(C=O)c(C(F)F)cc1OC(F)(F)F. The third-order valence-corrected chi connectivity index (χ3v) is 1.73. The number of aldehydes is 1. The fourth-order valence-electron chi connectivity index (χ4n) is 1.08. The Bertz CT molecular complexity index is 507. The summed E-state index contributed by atoms with van der Waals surface area (Å²) in [5, 5.41) is 8.50. The summed E-state index contributed by atoms with van der Waals surface area (Å²) < 4.78 is 64.1. The number of pyridine rings is 1. The minimum absolute atomic E-state index is 0.0836. The van der Waals surface area contributed by atoms with Gasteiger partial charge in [-0.25, -0.2) is 13.8 Å². The molecule has 0 spiro atoms. The molecule has 1 heterocycles. The first kappa shape index (κ1) is 13.8. The normalized spacial score (nSPS) is 11.2. The minimum Gasteiger partial charge on any atom is -0.403 e. The van der Waals surface area contributed by atoms with Crippen LogP contribution in [0.1, 0.15) is 28.2 Å². The topological polar surface area (TPSA) is 63.0 Å². The van der Waals surface area contributed by atoms with Crippen molar-refractivity contribution in [1.82, 2.24) is 4.98 Å². The summed E-state index contributed by atoms with van der Waals surface area (Å²) in [4.78, 5) is 13.5. The quantitative estimate of drug-likeness (QED) is 0.623. The number of halogens is 5. The van der Waals surface area contributed by atoms with E-state index in [1.54, 1.807) is 0 Å². The van der Waals surface area contributed by atoms with Crippen molar-refractivity contribution in [2.45, 2.75) is 12.8 Å². The Balaban J connectivity index is 3.38. The molecule has 1 aromatic rings. The number of ether oxygens (including phenoxy) is 1. The molecule has 4 nitrogen and oxygen atoms in total. The number of alkyl halides is 5. The zero-order valence-electron chi connectivity index (χ0n) is 8.33. The molecule has 1 aromatic heterocycles. The largest absolute Gasteiger partial charge is 0.573 e. The van der Waals surface area contributed by atoms with Gasteiger partial charge in [0.2, 0.25) is 0 Å². The molecule has 1 rings (SSSR count). The maximum absolute atomic E-state index is 12.4. The van der Waals surface area contributed by atoms with Crippen LogP contribution in [0.3, 0.4) is 0 Å². The van der Waals surface area contributed by atoms with Crippen molar-refractivity contribution in [3.05, 3.63) is 23.0 Å². The molecule has 0 aromatic carbocycles. The third kappa shape index (κ3) is 3.13. The van der Waals surface area contributed by atoms with Crippen LogP contribution in [0.15, 0.2) is 6.07 Å². The molecular formula is C9H3F5N2O2. The predicted octanol–water partition coefficient (Wildman–Crippen LogP) is 2.60. The molecule has 0 radical (unpaired) electrons. The van der Waals surface area contributed by atoms with Gasteiger partial charge in [-0.1, -0.05) is 0 Å². The summed E-state index contributed by atoms with van der Waals surface area (Å²) in [6, 6.07) is 1.49. The predicted molar refractivity (Wildman–Crippen MR) is 46.0 cm³/mol. The van der Waals surface area contributed by atoms with E-state index in [0.717, 1.165) is 0 Å². The van der Waals surface area contributed by atoms with Gasteiger partial charge in [-0.05, 0) is 6.07 Å². The van der Waals surface area contributed by atoms with E-state index in [-0.39, 0.29) is 12.4 Å². The van der Waals surface area contributed by atoms with Crippen molar-refractivity contribution >= 4 is 6.29 Å². The number of aromatic nitrogens is 1. The number of carbonyl (C=O) groups excluding carboxylic acids is 1. The lowest BCUT2D eigenvalue weighted by Crippen LogP contribution is -2.19. The number of hydrogen-bond acceptors (Lipinski definition) is 4. The lowest BCUT2D eigenvalue weighted by atomic mass is 10.1. The van der Waals surface area contributed by atoms with Crippen LogP contribution in [0.4, 0.5) is 22.0 Å². The number of rotatable bonds is 3. The Kier molecular flexibility index (Phi) is 3.80. The Morgan fingerprint density at radius 2 is 2.06 bits per heavy atom. The summed E-state index contributed by atoms with van der Waals surface area (Å²) >= 11 is 0. The standard InChI is InChI=1S/C9H3F5N2O2/c10-8(11)4-1-7(18-9(12,13)14)5(2-15)16-6(4)3-17/h1,3,8H. The molecule has 0 saturated carbocycles. The van der Waals surface area contributed by atoms with Gasteiger partial charge in [0.15, 0.2) is 17.7 Å². The summed E-state index contributed by atoms with van der Waals surface area (Å²) in [6.45, 7) is 0. The van der Waals surface area contributed by atoms with Gasteiger partial charge in [0.1, 0.15) is 11.8 Å². The van der Waals surface area contributed by atoms with Gasteiger partial charge in [-0.15, -0.1) is 13.2 Å². The van der Waals surface area contributed by atoms with Gasteiger partial charge in [0, 0.05) is 0 Å². The summed E-state index contributed by atoms with van der Waals surface area (Å²) in [6.07, 6.45) is -8.46. The van der Waals surface area contributed by atoms with Crippen LogP contribution < -0.4 is 4.74 Å². The number of hydrogen-bond donors (Lipinski definition) is 0. The van der Waals surface area contributed by atoms with Crippen molar-refractivity contribution in [2.24, 2.45) is 0 Å². The van der Waals surface area contributed by atoms with Gasteiger partial charge in [0.25, 0.3) is 6.43 Å². The molecule has 0 unspecified atom stereocenters. The molecule has 0 atom stereocenters. The minimum atomic E-state index is -5.16. The molecule has 0 N–H and O–H groups in total. The third-order valence-electron chi connectivity index (χ3n) is 1.73. The Labute approximate surface area is 96.6 Å². The van der Waals surface area contributed by atoms with Crippen LogP contribution in [0.5, 0.6) is 5.75 Å². The van der Waals surface area contributed by atoms with Gasteiger partial charge < -0.3 is 4.74 Å². The summed E-state index contributed by atoms with van der Waals surface area (Å²) in [5.41, 5.74) is -2.75. The second kappa shape index (κ2) is 4.95. The molecule has 0 saturated heterocycles. The average Bonchev–Trinajstić information content (AvgIpc) is 2.26. The first-order valence-electron chi connectivity index (χ1n) is 4.22. The van der Waals surface area contributed by atoms with Gasteiger partial charge in [0.05, 0.1) is 5.56 Å².